The van der Waals surface area contributed by atoms with Crippen LogP contribution in [-0.2, 0) is 16.0 Å². The Morgan fingerprint density at radius 2 is 2.00 bits per heavy atom. The molecule has 0 saturated carbocycles. The molecular formula is C17H24FNO2. The minimum absolute atomic E-state index is 0.143. The van der Waals surface area contributed by atoms with Gasteiger partial charge in [-0.05, 0) is 37.0 Å². The van der Waals surface area contributed by atoms with Crippen molar-refractivity contribution in [2.24, 2.45) is 10.4 Å². The van der Waals surface area contributed by atoms with Crippen molar-refractivity contribution in [3.05, 3.63) is 35.6 Å². The molecule has 116 valence electrons. The quantitative estimate of drug-likeness (QED) is 0.611. The summed E-state index contributed by atoms with van der Waals surface area (Å²) < 4.78 is 18.4. The smallest absolute Gasteiger partial charge is 0.334 e. The summed E-state index contributed by atoms with van der Waals surface area (Å²) >= 11 is 0. The number of ether oxygens (including phenoxy) is 1. The summed E-state index contributed by atoms with van der Waals surface area (Å²) in [6.07, 6.45) is 2.05. The second-order valence-electron chi connectivity index (χ2n) is 6.43. The summed E-state index contributed by atoms with van der Waals surface area (Å²) in [5.74, 6) is -0.715. The van der Waals surface area contributed by atoms with Crippen molar-refractivity contribution in [3.8, 4) is 0 Å². The highest BCUT2D eigenvalue weighted by Crippen LogP contribution is 2.22. The molecule has 0 N–H and O–H groups in total. The van der Waals surface area contributed by atoms with Crippen LogP contribution < -0.4 is 0 Å². The first-order valence-electron chi connectivity index (χ1n) is 7.14. The average molecular weight is 293 g/mol. The molecule has 0 aliphatic carbocycles. The van der Waals surface area contributed by atoms with E-state index < -0.39 is 11.5 Å². The van der Waals surface area contributed by atoms with E-state index in [4.69, 9.17) is 4.74 Å². The highest BCUT2D eigenvalue weighted by Gasteiger charge is 2.34. The Labute approximate surface area is 126 Å². The minimum atomic E-state index is -1.04. The molecular weight excluding hydrogens is 269 g/mol. The van der Waals surface area contributed by atoms with Crippen molar-refractivity contribution in [1.29, 1.82) is 0 Å². The lowest BCUT2D eigenvalue weighted by molar-refractivity contribution is -0.148. The molecule has 0 saturated heterocycles. The topological polar surface area (TPSA) is 38.7 Å². The molecule has 1 aromatic carbocycles. The van der Waals surface area contributed by atoms with Crippen LogP contribution in [0.25, 0.3) is 0 Å². The van der Waals surface area contributed by atoms with E-state index in [-0.39, 0.29) is 11.2 Å². The van der Waals surface area contributed by atoms with Crippen LogP contribution in [0.5, 0.6) is 0 Å². The molecule has 0 amide bonds. The molecule has 1 rings (SSSR count). The first-order chi connectivity index (χ1) is 9.66. The van der Waals surface area contributed by atoms with Crippen molar-refractivity contribution in [2.75, 3.05) is 6.61 Å². The molecule has 0 aliphatic heterocycles. The van der Waals surface area contributed by atoms with Gasteiger partial charge in [0.1, 0.15) is 5.82 Å². The number of carbonyl (C=O) groups excluding carboxylic acids is 1. The number of esters is 1. The summed E-state index contributed by atoms with van der Waals surface area (Å²) in [6.45, 7) is 9.79. The van der Waals surface area contributed by atoms with Gasteiger partial charge in [0.15, 0.2) is 5.54 Å². The van der Waals surface area contributed by atoms with E-state index in [1.54, 1.807) is 32.2 Å². The number of benzene rings is 1. The molecule has 0 radical (unpaired) electrons. The fourth-order valence-electron chi connectivity index (χ4n) is 1.84. The molecule has 0 heterocycles. The van der Waals surface area contributed by atoms with Crippen molar-refractivity contribution < 1.29 is 13.9 Å². The first kappa shape index (κ1) is 17.3. The van der Waals surface area contributed by atoms with Gasteiger partial charge in [-0.15, -0.1) is 0 Å². The van der Waals surface area contributed by atoms with E-state index in [1.807, 2.05) is 20.8 Å². The van der Waals surface area contributed by atoms with Crippen LogP contribution in [0.2, 0.25) is 0 Å². The number of aliphatic imine (C=N–C) groups is 1. The van der Waals surface area contributed by atoms with Crippen LogP contribution in [0.3, 0.4) is 0 Å². The third-order valence-electron chi connectivity index (χ3n) is 2.89. The van der Waals surface area contributed by atoms with E-state index in [1.165, 1.54) is 12.1 Å². The van der Waals surface area contributed by atoms with Gasteiger partial charge in [0.05, 0.1) is 6.61 Å². The van der Waals surface area contributed by atoms with Gasteiger partial charge in [-0.25, -0.2) is 9.18 Å². The summed E-state index contributed by atoms with van der Waals surface area (Å²) in [5.41, 5.74) is -0.469. The van der Waals surface area contributed by atoms with E-state index in [2.05, 4.69) is 4.99 Å². The Hall–Kier alpha value is -1.71. The Bertz CT molecular complexity index is 520. The summed E-state index contributed by atoms with van der Waals surface area (Å²) in [4.78, 5) is 16.7. The lowest BCUT2D eigenvalue weighted by Crippen LogP contribution is -2.38. The molecule has 0 spiro atoms. The number of rotatable bonds is 5. The van der Waals surface area contributed by atoms with Gasteiger partial charge in [-0.2, -0.15) is 0 Å². The number of hydrogen-bond acceptors (Lipinski definition) is 3. The maximum absolute atomic E-state index is 13.3. The Morgan fingerprint density at radius 1 is 1.33 bits per heavy atom. The van der Waals surface area contributed by atoms with Gasteiger partial charge in [0.2, 0.25) is 0 Å². The van der Waals surface area contributed by atoms with Gasteiger partial charge >= 0.3 is 5.97 Å². The third-order valence-corrected chi connectivity index (χ3v) is 2.89. The second-order valence-corrected chi connectivity index (χ2v) is 6.43. The zero-order valence-corrected chi connectivity index (χ0v) is 13.4. The van der Waals surface area contributed by atoms with Crippen LogP contribution in [-0.4, -0.2) is 24.3 Å². The Morgan fingerprint density at radius 3 is 2.52 bits per heavy atom. The summed E-state index contributed by atoms with van der Waals surface area (Å²) in [6, 6.07) is 6.21. The predicted molar refractivity (Wildman–Crippen MR) is 83.1 cm³/mol. The van der Waals surface area contributed by atoms with Gasteiger partial charge < -0.3 is 4.74 Å². The Kier molecular flexibility index (Phi) is 5.64. The van der Waals surface area contributed by atoms with Crippen LogP contribution in [0.1, 0.15) is 40.2 Å². The molecule has 4 heteroatoms. The molecule has 0 aromatic heterocycles. The van der Waals surface area contributed by atoms with Crippen molar-refractivity contribution in [3.63, 3.8) is 0 Å². The molecule has 1 aromatic rings. The van der Waals surface area contributed by atoms with E-state index in [0.717, 1.165) is 5.56 Å². The zero-order chi connectivity index (χ0) is 16.1. The molecule has 3 nitrogen and oxygen atoms in total. The van der Waals surface area contributed by atoms with Crippen LogP contribution in [0.15, 0.2) is 29.3 Å². The summed E-state index contributed by atoms with van der Waals surface area (Å²) in [5, 5.41) is 0. The molecule has 1 atom stereocenters. The van der Waals surface area contributed by atoms with Gasteiger partial charge in [-0.1, -0.05) is 32.9 Å². The standard InChI is InChI=1S/C17H24FNO2/c1-6-21-15(20)17(5,19-12-16(2,3)4)11-13-8-7-9-14(18)10-13/h7-10,12H,6,11H2,1-5H3. The van der Waals surface area contributed by atoms with Crippen molar-refractivity contribution in [2.45, 2.75) is 46.6 Å². The average Bonchev–Trinajstić information content (AvgIpc) is 2.36. The largest absolute Gasteiger partial charge is 0.464 e. The fraction of sp³-hybridized carbons (Fsp3) is 0.529. The monoisotopic (exact) mass is 293 g/mol. The molecule has 0 bridgehead atoms. The predicted octanol–water partition coefficient (Wildman–Crippen LogP) is 3.81. The number of hydrogen-bond donors (Lipinski definition) is 0. The minimum Gasteiger partial charge on any atom is -0.464 e. The Balaban J connectivity index is 3.07. The molecule has 1 unspecified atom stereocenters. The number of halogens is 1. The third kappa shape index (κ3) is 5.66. The fourth-order valence-corrected chi connectivity index (χ4v) is 1.84. The lowest BCUT2D eigenvalue weighted by atomic mass is 9.92. The second kappa shape index (κ2) is 6.83. The molecule has 0 fully saturated rings. The van der Waals surface area contributed by atoms with E-state index in [9.17, 15) is 9.18 Å². The molecule has 21 heavy (non-hydrogen) atoms. The highest BCUT2D eigenvalue weighted by atomic mass is 19.1. The van der Waals surface area contributed by atoms with Gasteiger partial charge in [-0.3, -0.25) is 4.99 Å². The first-order valence-corrected chi connectivity index (χ1v) is 7.14. The van der Waals surface area contributed by atoms with Crippen molar-refractivity contribution in [1.82, 2.24) is 0 Å². The molecule has 0 aliphatic rings. The lowest BCUT2D eigenvalue weighted by Gasteiger charge is -2.25. The SMILES string of the molecule is CCOC(=O)C(C)(Cc1cccc(F)c1)N=CC(C)(C)C. The summed E-state index contributed by atoms with van der Waals surface area (Å²) in [7, 11) is 0. The maximum atomic E-state index is 13.3. The van der Waals surface area contributed by atoms with Crippen LogP contribution >= 0.6 is 0 Å². The van der Waals surface area contributed by atoms with Crippen molar-refractivity contribution >= 4 is 12.2 Å². The van der Waals surface area contributed by atoms with Crippen LogP contribution in [0.4, 0.5) is 4.39 Å². The number of nitrogens with zero attached hydrogens (tertiary/aromatic N) is 1. The highest BCUT2D eigenvalue weighted by molar-refractivity contribution is 5.83. The maximum Gasteiger partial charge on any atom is 0.334 e. The van der Waals surface area contributed by atoms with E-state index in [0.29, 0.717) is 13.0 Å². The van der Waals surface area contributed by atoms with Crippen LogP contribution in [0, 0.1) is 11.2 Å². The van der Waals surface area contributed by atoms with E-state index >= 15 is 0 Å². The van der Waals surface area contributed by atoms with Gasteiger partial charge in [0, 0.05) is 12.6 Å². The zero-order valence-electron chi connectivity index (χ0n) is 13.4. The van der Waals surface area contributed by atoms with Gasteiger partial charge in [0.25, 0.3) is 0 Å². The normalized spacial score (nSPS) is 15.0. The number of carbonyl (C=O) groups is 1.